The first-order valence-electron chi connectivity index (χ1n) is 24.2. The normalized spacial score (nSPS) is 13.1. The molecule has 0 aliphatic carbocycles. The highest BCUT2D eigenvalue weighted by molar-refractivity contribution is 5.69. The van der Waals surface area contributed by atoms with Gasteiger partial charge in [0.1, 0.15) is 6.10 Å². The lowest BCUT2D eigenvalue weighted by Crippen LogP contribution is -2.27. The number of aliphatic hydroxyl groups excluding tert-OH is 1. The van der Waals surface area contributed by atoms with E-state index in [0.717, 1.165) is 70.6 Å². The summed E-state index contributed by atoms with van der Waals surface area (Å²) in [6.07, 6.45) is 69.4. The van der Waals surface area contributed by atoms with Crippen molar-refractivity contribution in [3.63, 3.8) is 0 Å². The Balaban J connectivity index is 3.48. The molecule has 4 heteroatoms. The van der Waals surface area contributed by atoms with Crippen LogP contribution in [0.1, 0.15) is 219 Å². The molecule has 57 heavy (non-hydrogen) atoms. The van der Waals surface area contributed by atoms with E-state index in [1.807, 2.05) is 0 Å². The molecule has 328 valence electrons. The third-order valence-electron chi connectivity index (χ3n) is 10.2. The van der Waals surface area contributed by atoms with Crippen LogP contribution in [0, 0.1) is 0 Å². The molecule has 1 atom stereocenters. The minimum Gasteiger partial charge on any atom is -0.457 e. The molecule has 1 unspecified atom stereocenters. The molecule has 0 aromatic carbocycles. The van der Waals surface area contributed by atoms with E-state index in [2.05, 4.69) is 98.9 Å². The van der Waals surface area contributed by atoms with Crippen molar-refractivity contribution in [3.05, 3.63) is 85.1 Å². The van der Waals surface area contributed by atoms with Crippen molar-refractivity contribution in [2.45, 2.75) is 225 Å². The molecule has 0 aromatic heterocycles. The zero-order chi connectivity index (χ0) is 41.2. The minimum absolute atomic E-state index is 0.183. The quantitative estimate of drug-likeness (QED) is 0.0379. The van der Waals surface area contributed by atoms with E-state index in [4.69, 9.17) is 9.47 Å². The van der Waals surface area contributed by atoms with Crippen molar-refractivity contribution < 1.29 is 19.4 Å². The van der Waals surface area contributed by atoms with Crippen molar-refractivity contribution in [3.8, 4) is 0 Å². The van der Waals surface area contributed by atoms with E-state index in [9.17, 15) is 9.90 Å². The predicted octanol–water partition coefficient (Wildman–Crippen LogP) is 16.3. The Kier molecular flexibility index (Phi) is 47.6. The van der Waals surface area contributed by atoms with Gasteiger partial charge in [0.25, 0.3) is 0 Å². The van der Waals surface area contributed by atoms with E-state index in [0.29, 0.717) is 13.0 Å². The Hall–Kier alpha value is -2.43. The van der Waals surface area contributed by atoms with Crippen LogP contribution in [-0.4, -0.2) is 37.0 Å². The molecule has 0 rings (SSSR count). The highest BCUT2D eigenvalue weighted by Crippen LogP contribution is 2.14. The van der Waals surface area contributed by atoms with E-state index >= 15 is 0 Å². The molecule has 0 aliphatic heterocycles. The number of hydrogen-bond donors (Lipinski definition) is 1. The highest BCUT2D eigenvalue weighted by atomic mass is 16.6. The van der Waals surface area contributed by atoms with E-state index in [-0.39, 0.29) is 19.2 Å². The highest BCUT2D eigenvalue weighted by Gasteiger charge is 2.13. The maximum atomic E-state index is 12.3. The Morgan fingerprint density at radius 2 is 0.789 bits per heavy atom. The Labute approximate surface area is 354 Å². The molecule has 0 saturated heterocycles. The van der Waals surface area contributed by atoms with Gasteiger partial charge in [0.05, 0.1) is 13.2 Å². The average molecular weight is 793 g/mol. The Morgan fingerprint density at radius 3 is 1.19 bits per heavy atom. The number of carbonyl (C=O) groups excluding carboxylic acids is 1. The molecule has 0 fully saturated rings. The van der Waals surface area contributed by atoms with Crippen molar-refractivity contribution in [2.75, 3.05) is 19.8 Å². The molecule has 0 amide bonds. The van der Waals surface area contributed by atoms with Gasteiger partial charge in [0, 0.05) is 13.0 Å². The number of esters is 1. The smallest absolute Gasteiger partial charge is 0.306 e. The molecular formula is C53H92O4. The van der Waals surface area contributed by atoms with Crippen LogP contribution in [0.15, 0.2) is 85.1 Å². The number of allylic oxidation sites excluding steroid dienone is 14. The number of hydrogen-bond acceptors (Lipinski definition) is 4. The molecule has 1 N–H and O–H groups in total. The second-order valence-corrected chi connectivity index (χ2v) is 15.8. The van der Waals surface area contributed by atoms with Gasteiger partial charge in [0.15, 0.2) is 0 Å². The van der Waals surface area contributed by atoms with Gasteiger partial charge in [-0.1, -0.05) is 208 Å². The standard InChI is InChI=1S/C53H92O4/c1-3-5-7-9-11-13-15-17-19-21-23-25-27-28-30-32-34-36-38-40-42-44-46-48-53(55)57-52(50-54)51-56-49-47-45-43-41-39-37-35-33-31-29-26-24-22-20-18-16-14-12-10-8-6-4-2/h6,8,12,14-15,17-18,20-21,23-24,26,31,33,52,54H,3-5,7,9-11,13,16,19,22,25,27-30,32,34-51H2,1-2H3/b8-6-,14-12-,17-15-,20-18-,23-21-,26-24-,33-31-. The van der Waals surface area contributed by atoms with Gasteiger partial charge in [0.2, 0.25) is 0 Å². The maximum absolute atomic E-state index is 12.3. The van der Waals surface area contributed by atoms with Crippen molar-refractivity contribution in [2.24, 2.45) is 0 Å². The van der Waals surface area contributed by atoms with Gasteiger partial charge in [-0.05, 0) is 89.9 Å². The van der Waals surface area contributed by atoms with Crippen molar-refractivity contribution >= 4 is 5.97 Å². The molecule has 0 aromatic rings. The lowest BCUT2D eigenvalue weighted by atomic mass is 10.0. The number of aliphatic hydroxyl groups is 1. The van der Waals surface area contributed by atoms with Gasteiger partial charge in [-0.25, -0.2) is 0 Å². The fourth-order valence-electron chi connectivity index (χ4n) is 6.62. The predicted molar refractivity (Wildman–Crippen MR) is 251 cm³/mol. The summed E-state index contributed by atoms with van der Waals surface area (Å²) in [7, 11) is 0. The van der Waals surface area contributed by atoms with Crippen LogP contribution in [0.25, 0.3) is 0 Å². The number of carbonyl (C=O) groups is 1. The zero-order valence-corrected chi connectivity index (χ0v) is 37.6. The summed E-state index contributed by atoms with van der Waals surface area (Å²) in [6, 6.07) is 0. The Morgan fingerprint density at radius 1 is 0.439 bits per heavy atom. The summed E-state index contributed by atoms with van der Waals surface area (Å²) < 4.78 is 11.2. The number of rotatable bonds is 44. The molecule has 4 nitrogen and oxygen atoms in total. The molecule has 0 saturated carbocycles. The summed E-state index contributed by atoms with van der Waals surface area (Å²) in [5.41, 5.74) is 0. The first kappa shape index (κ1) is 54.6. The van der Waals surface area contributed by atoms with E-state index in [1.54, 1.807) is 0 Å². The Bertz CT molecular complexity index is 1020. The summed E-state index contributed by atoms with van der Waals surface area (Å²) in [5, 5.41) is 9.64. The van der Waals surface area contributed by atoms with Crippen LogP contribution >= 0.6 is 0 Å². The second-order valence-electron chi connectivity index (χ2n) is 15.8. The molecule has 0 spiro atoms. The molecule has 0 radical (unpaired) electrons. The molecule has 0 heterocycles. The maximum Gasteiger partial charge on any atom is 0.306 e. The summed E-state index contributed by atoms with van der Waals surface area (Å²) in [6.45, 7) is 5.19. The van der Waals surface area contributed by atoms with E-state index < -0.39 is 6.10 Å². The first-order valence-corrected chi connectivity index (χ1v) is 24.2. The summed E-state index contributed by atoms with van der Waals surface area (Å²) >= 11 is 0. The van der Waals surface area contributed by atoms with E-state index in [1.165, 1.54) is 128 Å². The first-order chi connectivity index (χ1) is 28.2. The van der Waals surface area contributed by atoms with Crippen LogP contribution in [0.4, 0.5) is 0 Å². The van der Waals surface area contributed by atoms with Gasteiger partial charge in [-0.2, -0.15) is 0 Å². The molecule has 0 aliphatic rings. The zero-order valence-electron chi connectivity index (χ0n) is 37.6. The van der Waals surface area contributed by atoms with Gasteiger partial charge in [-0.15, -0.1) is 0 Å². The summed E-state index contributed by atoms with van der Waals surface area (Å²) in [4.78, 5) is 12.3. The van der Waals surface area contributed by atoms with Gasteiger partial charge in [-0.3, -0.25) is 4.79 Å². The summed E-state index contributed by atoms with van der Waals surface area (Å²) in [5.74, 6) is -0.210. The second kappa shape index (κ2) is 49.7. The third kappa shape index (κ3) is 47.8. The van der Waals surface area contributed by atoms with Crippen LogP contribution < -0.4 is 0 Å². The number of unbranched alkanes of at least 4 members (excludes halogenated alkanes) is 22. The topological polar surface area (TPSA) is 55.8 Å². The molecule has 0 bridgehead atoms. The van der Waals surface area contributed by atoms with Crippen LogP contribution in [-0.2, 0) is 14.3 Å². The third-order valence-corrected chi connectivity index (χ3v) is 10.2. The van der Waals surface area contributed by atoms with Crippen molar-refractivity contribution in [1.29, 1.82) is 0 Å². The van der Waals surface area contributed by atoms with Crippen LogP contribution in [0.5, 0.6) is 0 Å². The number of ether oxygens (including phenoxy) is 2. The van der Waals surface area contributed by atoms with Gasteiger partial charge < -0.3 is 14.6 Å². The fourth-order valence-corrected chi connectivity index (χ4v) is 6.62. The van der Waals surface area contributed by atoms with Gasteiger partial charge >= 0.3 is 5.97 Å². The largest absolute Gasteiger partial charge is 0.457 e. The van der Waals surface area contributed by atoms with Crippen LogP contribution in [0.3, 0.4) is 0 Å². The average Bonchev–Trinajstić information content (AvgIpc) is 3.22. The SMILES string of the molecule is CC/C=C\C/C=C\C/C=C\C/C=C\C/C=C\CCCCCCCCOCC(CO)OC(=O)CCCCCCCCCCCCC/C=C\C/C=C\CCCCCCC. The van der Waals surface area contributed by atoms with Crippen molar-refractivity contribution in [1.82, 2.24) is 0 Å². The lowest BCUT2D eigenvalue weighted by Gasteiger charge is -2.15. The monoisotopic (exact) mass is 793 g/mol. The molecular weight excluding hydrogens is 701 g/mol. The van der Waals surface area contributed by atoms with Crippen LogP contribution in [0.2, 0.25) is 0 Å². The minimum atomic E-state index is -0.549. The lowest BCUT2D eigenvalue weighted by molar-refractivity contribution is -0.154. The fraction of sp³-hybridized carbons (Fsp3) is 0.717.